The number of anilines is 2. The fraction of sp³-hybridized carbons (Fsp3) is 0.550. The molecule has 6 heteroatoms. The Morgan fingerprint density at radius 2 is 2.04 bits per heavy atom. The van der Waals surface area contributed by atoms with Gasteiger partial charge in [0.2, 0.25) is 17.7 Å². The number of fused-ring (bicyclic) bond motifs is 1. The summed E-state index contributed by atoms with van der Waals surface area (Å²) in [6, 6.07) is 5.87. The predicted octanol–water partition coefficient (Wildman–Crippen LogP) is 1.86. The van der Waals surface area contributed by atoms with Gasteiger partial charge >= 0.3 is 0 Å². The van der Waals surface area contributed by atoms with E-state index in [1.165, 1.54) is 0 Å². The van der Waals surface area contributed by atoms with Gasteiger partial charge in [0, 0.05) is 43.3 Å². The molecule has 1 saturated carbocycles. The van der Waals surface area contributed by atoms with Crippen molar-refractivity contribution in [2.24, 2.45) is 11.8 Å². The van der Waals surface area contributed by atoms with Crippen LogP contribution in [0.15, 0.2) is 18.2 Å². The number of benzene rings is 1. The lowest BCUT2D eigenvalue weighted by Crippen LogP contribution is -2.33. The lowest BCUT2D eigenvalue weighted by molar-refractivity contribution is -0.126. The van der Waals surface area contributed by atoms with E-state index in [4.69, 9.17) is 0 Å². The van der Waals surface area contributed by atoms with Gasteiger partial charge in [-0.3, -0.25) is 14.4 Å². The minimum absolute atomic E-state index is 0.00879. The van der Waals surface area contributed by atoms with Crippen LogP contribution in [0, 0.1) is 11.8 Å². The summed E-state index contributed by atoms with van der Waals surface area (Å²) >= 11 is 0. The minimum atomic E-state index is -0.282. The van der Waals surface area contributed by atoms with Crippen molar-refractivity contribution in [3.63, 3.8) is 0 Å². The molecule has 4 rings (SSSR count). The standard InChI is InChI=1S/C20H25N3O3/c1-2-8-21-19(25)15-11-18(24)23(12-15)16-5-6-17-14(10-16)7-9-22(17)20(26)13-3-4-13/h5-6,10,13,15H,2-4,7-9,11-12H2,1H3,(H,21,25)/t15-/m1/s1. The van der Waals surface area contributed by atoms with E-state index in [-0.39, 0.29) is 36.0 Å². The summed E-state index contributed by atoms with van der Waals surface area (Å²) in [6.07, 6.45) is 3.99. The normalized spacial score (nSPS) is 21.9. The van der Waals surface area contributed by atoms with Gasteiger partial charge in [0.15, 0.2) is 0 Å². The lowest BCUT2D eigenvalue weighted by atomic mass is 10.1. The third kappa shape index (κ3) is 3.08. The van der Waals surface area contributed by atoms with Crippen molar-refractivity contribution in [2.75, 3.05) is 29.4 Å². The lowest BCUT2D eigenvalue weighted by Gasteiger charge is -2.20. The van der Waals surface area contributed by atoms with Gasteiger partial charge in [-0.15, -0.1) is 0 Å². The molecule has 0 bridgehead atoms. The van der Waals surface area contributed by atoms with Crippen molar-refractivity contribution >= 4 is 29.1 Å². The molecule has 6 nitrogen and oxygen atoms in total. The Morgan fingerprint density at radius 1 is 1.23 bits per heavy atom. The van der Waals surface area contributed by atoms with Gasteiger partial charge in [0.1, 0.15) is 0 Å². The molecule has 1 aliphatic carbocycles. The number of carbonyl (C=O) groups excluding carboxylic acids is 3. The Labute approximate surface area is 153 Å². The van der Waals surface area contributed by atoms with E-state index < -0.39 is 0 Å². The predicted molar refractivity (Wildman–Crippen MR) is 99.0 cm³/mol. The fourth-order valence-electron chi connectivity index (χ4n) is 3.86. The van der Waals surface area contributed by atoms with Crippen LogP contribution in [0.5, 0.6) is 0 Å². The molecule has 0 aromatic heterocycles. The van der Waals surface area contributed by atoms with Gasteiger partial charge in [-0.2, -0.15) is 0 Å². The Bertz CT molecular complexity index is 757. The Hall–Kier alpha value is -2.37. The van der Waals surface area contributed by atoms with Crippen molar-refractivity contribution < 1.29 is 14.4 Å². The first-order chi connectivity index (χ1) is 12.6. The van der Waals surface area contributed by atoms with Crippen LogP contribution in [0.4, 0.5) is 11.4 Å². The van der Waals surface area contributed by atoms with Crippen molar-refractivity contribution in [1.29, 1.82) is 0 Å². The van der Waals surface area contributed by atoms with Gasteiger partial charge < -0.3 is 15.1 Å². The Kier molecular flexibility index (Phi) is 4.42. The molecule has 138 valence electrons. The molecule has 2 fully saturated rings. The van der Waals surface area contributed by atoms with Crippen LogP contribution in [0.2, 0.25) is 0 Å². The van der Waals surface area contributed by atoms with Gasteiger partial charge in [-0.05, 0) is 49.4 Å². The van der Waals surface area contributed by atoms with Crippen molar-refractivity contribution in [3.05, 3.63) is 23.8 Å². The maximum atomic E-state index is 12.4. The van der Waals surface area contributed by atoms with Crippen molar-refractivity contribution in [3.8, 4) is 0 Å². The maximum Gasteiger partial charge on any atom is 0.230 e. The summed E-state index contributed by atoms with van der Waals surface area (Å²) in [5, 5.41) is 2.88. The van der Waals surface area contributed by atoms with Crippen LogP contribution in [-0.2, 0) is 20.8 Å². The Morgan fingerprint density at radius 3 is 2.77 bits per heavy atom. The highest BCUT2D eigenvalue weighted by atomic mass is 16.2. The zero-order valence-electron chi connectivity index (χ0n) is 15.2. The summed E-state index contributed by atoms with van der Waals surface area (Å²) in [5.41, 5.74) is 2.93. The zero-order chi connectivity index (χ0) is 18.3. The van der Waals surface area contributed by atoms with Gasteiger partial charge in [0.25, 0.3) is 0 Å². The minimum Gasteiger partial charge on any atom is -0.356 e. The number of hydrogen-bond donors (Lipinski definition) is 1. The summed E-state index contributed by atoms with van der Waals surface area (Å²) in [4.78, 5) is 40.6. The first-order valence-corrected chi connectivity index (χ1v) is 9.61. The molecular formula is C20H25N3O3. The molecular weight excluding hydrogens is 330 g/mol. The van der Waals surface area contributed by atoms with Gasteiger partial charge in [0.05, 0.1) is 5.92 Å². The van der Waals surface area contributed by atoms with Crippen LogP contribution in [0.1, 0.15) is 38.2 Å². The molecule has 26 heavy (non-hydrogen) atoms. The molecule has 0 unspecified atom stereocenters. The summed E-state index contributed by atoms with van der Waals surface area (Å²) in [6.45, 7) is 3.81. The van der Waals surface area contributed by atoms with Crippen LogP contribution in [0.3, 0.4) is 0 Å². The molecule has 1 saturated heterocycles. The highest BCUT2D eigenvalue weighted by molar-refractivity contribution is 6.02. The smallest absolute Gasteiger partial charge is 0.230 e. The molecule has 2 heterocycles. The van der Waals surface area contributed by atoms with E-state index in [1.807, 2.05) is 30.0 Å². The van der Waals surface area contributed by atoms with Crippen LogP contribution in [0.25, 0.3) is 0 Å². The van der Waals surface area contributed by atoms with Crippen LogP contribution < -0.4 is 15.1 Å². The molecule has 0 radical (unpaired) electrons. The number of nitrogens with zero attached hydrogens (tertiary/aromatic N) is 2. The van der Waals surface area contributed by atoms with E-state index in [2.05, 4.69) is 5.32 Å². The zero-order valence-corrected chi connectivity index (χ0v) is 15.2. The molecule has 1 atom stereocenters. The van der Waals surface area contributed by atoms with Gasteiger partial charge in [-0.25, -0.2) is 0 Å². The second-order valence-corrected chi connectivity index (χ2v) is 7.52. The van der Waals surface area contributed by atoms with Crippen LogP contribution >= 0.6 is 0 Å². The summed E-state index contributed by atoms with van der Waals surface area (Å²) < 4.78 is 0. The largest absolute Gasteiger partial charge is 0.356 e. The highest BCUT2D eigenvalue weighted by Crippen LogP contribution is 2.38. The number of rotatable bonds is 5. The van der Waals surface area contributed by atoms with E-state index in [1.54, 1.807) is 4.90 Å². The number of nitrogens with one attached hydrogen (secondary N) is 1. The van der Waals surface area contributed by atoms with Crippen molar-refractivity contribution in [1.82, 2.24) is 5.32 Å². The molecule has 1 aromatic carbocycles. The van der Waals surface area contributed by atoms with E-state index in [0.717, 1.165) is 49.2 Å². The van der Waals surface area contributed by atoms with E-state index >= 15 is 0 Å². The first-order valence-electron chi connectivity index (χ1n) is 9.61. The molecule has 1 aromatic rings. The van der Waals surface area contributed by atoms with E-state index in [9.17, 15) is 14.4 Å². The molecule has 3 amide bonds. The average molecular weight is 355 g/mol. The highest BCUT2D eigenvalue weighted by Gasteiger charge is 2.38. The fourth-order valence-corrected chi connectivity index (χ4v) is 3.86. The SMILES string of the molecule is CCCNC(=O)[C@@H]1CC(=O)N(c2ccc3c(c2)CCN3C(=O)C2CC2)C1. The number of carbonyl (C=O) groups is 3. The molecule has 0 spiro atoms. The number of hydrogen-bond acceptors (Lipinski definition) is 3. The van der Waals surface area contributed by atoms with E-state index in [0.29, 0.717) is 13.1 Å². The summed E-state index contributed by atoms with van der Waals surface area (Å²) in [5.74, 6) is 0.121. The molecule has 1 N–H and O–H groups in total. The quantitative estimate of drug-likeness (QED) is 0.877. The second kappa shape index (κ2) is 6.74. The monoisotopic (exact) mass is 355 g/mol. The van der Waals surface area contributed by atoms with Crippen molar-refractivity contribution in [2.45, 2.75) is 39.0 Å². The average Bonchev–Trinajstić information content (AvgIpc) is 3.30. The summed E-state index contributed by atoms with van der Waals surface area (Å²) in [7, 11) is 0. The van der Waals surface area contributed by atoms with Crippen LogP contribution in [-0.4, -0.2) is 37.4 Å². The Balaban J connectivity index is 1.48. The maximum absolute atomic E-state index is 12.4. The third-order valence-corrected chi connectivity index (χ3v) is 5.51. The molecule has 3 aliphatic rings. The third-order valence-electron chi connectivity index (χ3n) is 5.51. The number of amides is 3. The first kappa shape index (κ1) is 17.1. The van der Waals surface area contributed by atoms with Gasteiger partial charge in [-0.1, -0.05) is 6.92 Å². The molecule has 2 aliphatic heterocycles. The second-order valence-electron chi connectivity index (χ2n) is 7.52. The topological polar surface area (TPSA) is 69.7 Å².